The van der Waals surface area contributed by atoms with E-state index in [4.69, 9.17) is 9.60 Å². The molecule has 0 heteroatoms. The van der Waals surface area contributed by atoms with Gasteiger partial charge in [-0.2, -0.15) is 0 Å². The van der Waals surface area contributed by atoms with E-state index in [0.29, 0.717) is 0 Å². The first-order valence-electron chi connectivity index (χ1n) is 6.25. The zero-order valence-corrected chi connectivity index (χ0v) is 5.00. The van der Waals surface area contributed by atoms with Gasteiger partial charge in [0.15, 0.2) is 0 Å². The minimum Gasteiger partial charge on any atom is -0.0616 e. The van der Waals surface area contributed by atoms with Crippen molar-refractivity contribution >= 4 is 10.8 Å². The number of fused-ring (bicyclic) bond motifs is 1. The summed E-state index contributed by atoms with van der Waals surface area (Å²) in [6, 6.07) is -0.227. The second-order valence-electron chi connectivity index (χ2n) is 1.75. The van der Waals surface area contributed by atoms with Gasteiger partial charge in [0, 0.05) is 0 Å². The van der Waals surface area contributed by atoms with E-state index in [9.17, 15) is 0 Å². The first kappa shape index (κ1) is 1.85. The first-order valence-corrected chi connectivity index (χ1v) is 2.75. The molecule has 0 fully saturated rings. The van der Waals surface area contributed by atoms with Crippen LogP contribution in [0.2, 0.25) is 0 Å². The zero-order chi connectivity index (χ0) is 12.9. The van der Waals surface area contributed by atoms with E-state index in [-0.39, 0.29) is 41.0 Å². The fourth-order valence-electron chi connectivity index (χ4n) is 0.688. The maximum atomic E-state index is 7.66. The number of benzene rings is 2. The normalized spacial score (nSPS) is 19.8. The molecule has 0 aliphatic rings. The monoisotopic (exact) mass is 134 g/mol. The van der Waals surface area contributed by atoms with Crippen molar-refractivity contribution in [1.82, 2.24) is 0 Å². The lowest BCUT2D eigenvalue weighted by molar-refractivity contribution is 1.74. The lowest BCUT2D eigenvalue weighted by Gasteiger charge is -1.91. The summed E-state index contributed by atoms with van der Waals surface area (Å²) in [5.41, 5.74) is 0. The summed E-state index contributed by atoms with van der Waals surface area (Å²) in [5.74, 6) is 0. The maximum Gasteiger partial charge on any atom is 0.0629 e. The van der Waals surface area contributed by atoms with Crippen molar-refractivity contribution in [2.24, 2.45) is 0 Å². The Balaban J connectivity index is 3.12. The molecule has 0 aromatic heterocycles. The minimum atomic E-state index is -0.443. The predicted molar refractivity (Wildman–Crippen MR) is 42.8 cm³/mol. The van der Waals surface area contributed by atoms with E-state index in [1.807, 2.05) is 0 Å². The molecule has 0 saturated heterocycles. The fourth-order valence-corrected chi connectivity index (χ4v) is 0.688. The third kappa shape index (κ3) is 0.781. The van der Waals surface area contributed by atoms with Gasteiger partial charge < -0.3 is 0 Å². The van der Waals surface area contributed by atoms with Gasteiger partial charge in [0.05, 0.1) is 9.60 Å². The van der Waals surface area contributed by atoms with Gasteiger partial charge in [-0.15, -0.1) is 0 Å². The van der Waals surface area contributed by atoms with Crippen molar-refractivity contribution in [2.45, 2.75) is 0 Å². The van der Waals surface area contributed by atoms with Crippen LogP contribution in [0.4, 0.5) is 0 Å². The van der Waals surface area contributed by atoms with E-state index in [2.05, 4.69) is 6.07 Å². The van der Waals surface area contributed by atoms with Crippen LogP contribution in [-0.4, -0.2) is 0 Å². The van der Waals surface area contributed by atoms with Gasteiger partial charge in [0.1, 0.15) is 0 Å². The molecule has 2 aromatic carbocycles. The molecular weight excluding hydrogens is 120 g/mol. The lowest BCUT2D eigenvalue weighted by Crippen LogP contribution is -1.67. The summed E-state index contributed by atoms with van der Waals surface area (Å²) in [5, 5.41) is -0.0704. The molecule has 0 N–H and O–H groups in total. The average Bonchev–Trinajstić information content (AvgIpc) is 2.30. The Morgan fingerprint density at radius 2 is 1.90 bits per heavy atom. The molecule has 2 rings (SSSR count). The number of hydrogen-bond acceptors (Lipinski definition) is 0. The molecular formula is C10H7. The molecule has 1 radical (unpaired) electrons. The van der Waals surface area contributed by atoms with Crippen LogP contribution >= 0.6 is 0 Å². The van der Waals surface area contributed by atoms with E-state index >= 15 is 0 Å². The molecule has 0 aliphatic heterocycles. The third-order valence-electron chi connectivity index (χ3n) is 1.12. The van der Waals surface area contributed by atoms with Crippen molar-refractivity contribution in [3.05, 3.63) is 48.4 Å². The van der Waals surface area contributed by atoms with E-state index in [1.54, 1.807) is 0 Å². The van der Waals surface area contributed by atoms with Crippen molar-refractivity contribution < 1.29 is 9.60 Å². The molecule has 0 saturated carbocycles. The molecule has 0 unspecified atom stereocenters. The summed E-state index contributed by atoms with van der Waals surface area (Å²) in [7, 11) is 0. The largest absolute Gasteiger partial charge is 0.0629 e. The Labute approximate surface area is 69.9 Å². The molecule has 47 valence electrons. The molecule has 0 heterocycles. The van der Waals surface area contributed by atoms with Crippen LogP contribution in [0.3, 0.4) is 0 Å². The molecule has 0 atom stereocenters. The van der Waals surface area contributed by atoms with Crippen LogP contribution < -0.4 is 0 Å². The quantitative estimate of drug-likeness (QED) is 0.519. The van der Waals surface area contributed by atoms with Crippen LogP contribution in [0.1, 0.15) is 9.60 Å². The van der Waals surface area contributed by atoms with E-state index < -0.39 is 12.1 Å². The summed E-state index contributed by atoms with van der Waals surface area (Å²) in [4.78, 5) is 0. The third-order valence-corrected chi connectivity index (χ3v) is 1.12. The highest BCUT2D eigenvalue weighted by Gasteiger charge is 1.85. The van der Waals surface area contributed by atoms with Gasteiger partial charge in [-0.1, -0.05) is 42.3 Å². The maximum absolute atomic E-state index is 7.66. The summed E-state index contributed by atoms with van der Waals surface area (Å²) in [6.45, 7) is 0. The Morgan fingerprint density at radius 1 is 1.10 bits per heavy atom. The molecule has 0 spiro atoms. The van der Waals surface area contributed by atoms with Gasteiger partial charge in [-0.05, 0) is 16.8 Å². The van der Waals surface area contributed by atoms with E-state index in [1.165, 1.54) is 0 Å². The number of hydrogen-bond donors (Lipinski definition) is 0. The molecule has 0 amide bonds. The predicted octanol–water partition coefficient (Wildman–Crippen LogP) is 2.64. The Kier molecular flexibility index (Phi) is 0.396. The minimum absolute atomic E-state index is 0.0120. The van der Waals surface area contributed by atoms with Crippen molar-refractivity contribution in [3.63, 3.8) is 0 Å². The van der Waals surface area contributed by atoms with Crippen molar-refractivity contribution in [1.29, 1.82) is 0 Å². The van der Waals surface area contributed by atoms with Gasteiger partial charge >= 0.3 is 0 Å². The zero-order valence-electron chi connectivity index (χ0n) is 12.0. The lowest BCUT2D eigenvalue weighted by atomic mass is 10.1. The highest BCUT2D eigenvalue weighted by atomic mass is 13.9. The van der Waals surface area contributed by atoms with Crippen LogP contribution in [0.15, 0.2) is 42.3 Å². The molecule has 0 aliphatic carbocycles. The highest BCUT2D eigenvalue weighted by molar-refractivity contribution is 5.81. The Hall–Kier alpha value is -1.30. The molecule has 2 aromatic rings. The van der Waals surface area contributed by atoms with E-state index in [0.717, 1.165) is 0 Å². The molecule has 0 nitrogen and oxygen atoms in total. The molecule has 0 bridgehead atoms. The smallest absolute Gasteiger partial charge is 0.0616 e. The van der Waals surface area contributed by atoms with Gasteiger partial charge in [-0.3, -0.25) is 0 Å². The molecule has 10 heavy (non-hydrogen) atoms. The SMILES string of the molecule is [2H]c1[c]c2c([2H])c([2H])c([2H])c([2H])c2c([2H])c1[2H]. The van der Waals surface area contributed by atoms with Crippen molar-refractivity contribution in [2.75, 3.05) is 0 Å². The van der Waals surface area contributed by atoms with Crippen molar-refractivity contribution in [3.8, 4) is 0 Å². The number of rotatable bonds is 0. The van der Waals surface area contributed by atoms with Gasteiger partial charge in [-0.25, -0.2) is 0 Å². The fraction of sp³-hybridized carbons (Fsp3) is 0. The van der Waals surface area contributed by atoms with Crippen LogP contribution in [0, 0.1) is 6.07 Å². The highest BCUT2D eigenvalue weighted by Crippen LogP contribution is 2.10. The summed E-state index contributed by atoms with van der Waals surface area (Å²) in [6.07, 6.45) is 0. The second-order valence-corrected chi connectivity index (χ2v) is 1.75. The van der Waals surface area contributed by atoms with Crippen LogP contribution in [0.25, 0.3) is 10.8 Å². The topological polar surface area (TPSA) is 0 Å². The Morgan fingerprint density at radius 3 is 2.90 bits per heavy atom. The van der Waals surface area contributed by atoms with Crippen LogP contribution in [-0.2, 0) is 0 Å². The van der Waals surface area contributed by atoms with Gasteiger partial charge in [0.2, 0.25) is 0 Å². The first-order chi connectivity index (χ1) is 7.86. The summed E-state index contributed by atoms with van der Waals surface area (Å²) >= 11 is 0. The standard InChI is InChI=1S/C10H7/c1-2-6-10-8-4-3-7-9(10)5-1/h1-7H/i1D,2D,3D,4D,5D,6D,7D. The average molecular weight is 134 g/mol. The van der Waals surface area contributed by atoms with Gasteiger partial charge in [0.25, 0.3) is 0 Å². The van der Waals surface area contributed by atoms with Crippen LogP contribution in [0.5, 0.6) is 0 Å². The second kappa shape index (κ2) is 2.14. The Bertz CT molecular complexity index is 625. The summed E-state index contributed by atoms with van der Waals surface area (Å²) < 4.78 is 52.8.